The molecule has 4 amide bonds. The number of amides is 4. The molecule has 2 heterocycles. The van der Waals surface area contributed by atoms with Crippen LogP contribution in [0.1, 0.15) is 15.2 Å². The van der Waals surface area contributed by atoms with Crippen LogP contribution in [-0.2, 0) is 11.3 Å². The molecule has 2 N–H and O–H groups in total. The van der Waals surface area contributed by atoms with Crippen LogP contribution in [-0.4, -0.2) is 34.6 Å². The van der Waals surface area contributed by atoms with Crippen molar-refractivity contribution in [2.75, 3.05) is 0 Å². The first kappa shape index (κ1) is 17.9. The van der Waals surface area contributed by atoms with E-state index in [1.165, 1.54) is 17.5 Å². The first-order valence-corrected chi connectivity index (χ1v) is 8.23. The lowest BCUT2D eigenvalue weighted by molar-refractivity contribution is -0.200. The Morgan fingerprint density at radius 1 is 1.15 bits per heavy atom. The number of carbonyl (C=O) groups is 3. The van der Waals surface area contributed by atoms with Gasteiger partial charge in [0.15, 0.2) is 0 Å². The van der Waals surface area contributed by atoms with Crippen molar-refractivity contribution in [3.8, 4) is 0 Å². The number of nitrogens with zero attached hydrogens (tertiary/aromatic N) is 1. The molecule has 1 fully saturated rings. The van der Waals surface area contributed by atoms with Gasteiger partial charge >= 0.3 is 12.2 Å². The maximum Gasteiger partial charge on any atom is 0.440 e. The number of carbonyl (C=O) groups excluding carboxylic acids is 3. The second-order valence-electron chi connectivity index (χ2n) is 5.49. The topological polar surface area (TPSA) is 78.5 Å². The van der Waals surface area contributed by atoms with E-state index < -0.39 is 29.7 Å². The molecule has 26 heavy (non-hydrogen) atoms. The molecule has 1 aliphatic rings. The van der Waals surface area contributed by atoms with Gasteiger partial charge in [-0.25, -0.2) is 4.79 Å². The number of urea groups is 1. The third-order valence-electron chi connectivity index (χ3n) is 3.76. The zero-order valence-electron chi connectivity index (χ0n) is 13.0. The van der Waals surface area contributed by atoms with Crippen LogP contribution in [0.4, 0.5) is 18.0 Å². The Kier molecular flexibility index (Phi) is 4.45. The number of imide groups is 1. The highest BCUT2D eigenvalue weighted by molar-refractivity contribution is 7.12. The minimum absolute atomic E-state index is 0.0165. The fraction of sp³-hybridized carbons (Fsp3) is 0.188. The van der Waals surface area contributed by atoms with Gasteiger partial charge in [0.2, 0.25) is 0 Å². The van der Waals surface area contributed by atoms with Gasteiger partial charge < -0.3 is 5.32 Å². The maximum atomic E-state index is 13.7. The molecule has 3 rings (SSSR count). The fourth-order valence-corrected chi connectivity index (χ4v) is 3.09. The SMILES string of the molecule is O=C(N[C@@]1(C(F)(F)F)NC(=O)N(Cc2ccccc2)C1=O)c1cccs1. The largest absolute Gasteiger partial charge is 0.440 e. The smallest absolute Gasteiger partial charge is 0.313 e. The van der Waals surface area contributed by atoms with Crippen LogP contribution in [0.25, 0.3) is 0 Å². The van der Waals surface area contributed by atoms with E-state index in [0.717, 1.165) is 11.3 Å². The number of benzene rings is 1. The van der Waals surface area contributed by atoms with E-state index in [-0.39, 0.29) is 11.4 Å². The molecule has 1 atom stereocenters. The van der Waals surface area contributed by atoms with Crippen LogP contribution in [0.15, 0.2) is 47.8 Å². The Hall–Kier alpha value is -2.88. The van der Waals surface area contributed by atoms with E-state index in [2.05, 4.69) is 0 Å². The Morgan fingerprint density at radius 3 is 2.42 bits per heavy atom. The van der Waals surface area contributed by atoms with Crippen LogP contribution >= 0.6 is 11.3 Å². The van der Waals surface area contributed by atoms with Crippen molar-refractivity contribution in [3.63, 3.8) is 0 Å². The van der Waals surface area contributed by atoms with E-state index >= 15 is 0 Å². The normalized spacial score (nSPS) is 20.2. The summed E-state index contributed by atoms with van der Waals surface area (Å²) in [5.41, 5.74) is -3.03. The zero-order valence-corrected chi connectivity index (χ0v) is 13.9. The third-order valence-corrected chi connectivity index (χ3v) is 4.63. The molecule has 0 aliphatic carbocycles. The molecule has 1 aromatic carbocycles. The van der Waals surface area contributed by atoms with E-state index in [4.69, 9.17) is 0 Å². The first-order chi connectivity index (χ1) is 12.2. The fourth-order valence-electron chi connectivity index (χ4n) is 2.47. The summed E-state index contributed by atoms with van der Waals surface area (Å²) in [7, 11) is 0. The van der Waals surface area contributed by atoms with Crippen molar-refractivity contribution in [1.82, 2.24) is 15.5 Å². The number of alkyl halides is 3. The molecule has 1 aromatic heterocycles. The van der Waals surface area contributed by atoms with E-state index in [0.29, 0.717) is 10.5 Å². The highest BCUT2D eigenvalue weighted by Crippen LogP contribution is 2.34. The van der Waals surface area contributed by atoms with Gasteiger partial charge in [-0.05, 0) is 17.0 Å². The highest BCUT2D eigenvalue weighted by atomic mass is 32.1. The van der Waals surface area contributed by atoms with Crippen molar-refractivity contribution in [2.24, 2.45) is 0 Å². The van der Waals surface area contributed by atoms with Gasteiger partial charge in [-0.15, -0.1) is 11.3 Å². The third kappa shape index (κ3) is 3.03. The molecular weight excluding hydrogens is 371 g/mol. The van der Waals surface area contributed by atoms with Gasteiger partial charge in [0, 0.05) is 0 Å². The van der Waals surface area contributed by atoms with Crippen molar-refractivity contribution >= 4 is 29.2 Å². The number of thiophene rings is 1. The summed E-state index contributed by atoms with van der Waals surface area (Å²) in [5, 5.41) is 4.77. The van der Waals surface area contributed by atoms with Crippen LogP contribution in [0.3, 0.4) is 0 Å². The van der Waals surface area contributed by atoms with Gasteiger partial charge in [0.25, 0.3) is 17.5 Å². The van der Waals surface area contributed by atoms with Crippen molar-refractivity contribution in [3.05, 3.63) is 58.3 Å². The van der Waals surface area contributed by atoms with E-state index in [1.807, 2.05) is 0 Å². The first-order valence-electron chi connectivity index (χ1n) is 7.35. The predicted octanol–water partition coefficient (Wildman–Crippen LogP) is 2.49. The molecule has 1 aliphatic heterocycles. The molecule has 0 spiro atoms. The van der Waals surface area contributed by atoms with Gasteiger partial charge in [0.1, 0.15) is 0 Å². The molecule has 2 aromatic rings. The number of hydrogen-bond acceptors (Lipinski definition) is 4. The molecule has 1 saturated heterocycles. The summed E-state index contributed by atoms with van der Waals surface area (Å²) in [6.45, 7) is -0.349. The molecule has 136 valence electrons. The van der Waals surface area contributed by atoms with E-state index in [9.17, 15) is 27.6 Å². The van der Waals surface area contributed by atoms with Crippen molar-refractivity contribution in [1.29, 1.82) is 0 Å². The average Bonchev–Trinajstić information content (AvgIpc) is 3.19. The van der Waals surface area contributed by atoms with Gasteiger partial charge in [-0.1, -0.05) is 36.4 Å². The van der Waals surface area contributed by atoms with Crippen LogP contribution in [0.2, 0.25) is 0 Å². The average molecular weight is 383 g/mol. The van der Waals surface area contributed by atoms with Crippen LogP contribution < -0.4 is 10.6 Å². The monoisotopic (exact) mass is 383 g/mol. The lowest BCUT2D eigenvalue weighted by Gasteiger charge is -2.29. The Morgan fingerprint density at radius 2 is 1.85 bits per heavy atom. The maximum absolute atomic E-state index is 13.7. The van der Waals surface area contributed by atoms with Crippen LogP contribution in [0.5, 0.6) is 0 Å². The number of rotatable bonds is 4. The molecule has 10 heteroatoms. The molecule has 6 nitrogen and oxygen atoms in total. The predicted molar refractivity (Wildman–Crippen MR) is 86.1 cm³/mol. The summed E-state index contributed by atoms with van der Waals surface area (Å²) in [6.07, 6.45) is -5.22. The summed E-state index contributed by atoms with van der Waals surface area (Å²) in [5.74, 6) is -2.68. The second-order valence-corrected chi connectivity index (χ2v) is 6.43. The molecule has 0 saturated carbocycles. The molecule has 0 unspecified atom stereocenters. The summed E-state index contributed by atoms with van der Waals surface area (Å²) >= 11 is 0.912. The summed E-state index contributed by atoms with van der Waals surface area (Å²) in [4.78, 5) is 37.1. The highest BCUT2D eigenvalue weighted by Gasteiger charge is 2.68. The molecular formula is C16H12F3N3O3S. The van der Waals surface area contributed by atoms with Crippen molar-refractivity contribution < 1.29 is 27.6 Å². The minimum atomic E-state index is -5.22. The van der Waals surface area contributed by atoms with Crippen LogP contribution in [0, 0.1) is 0 Å². The number of nitrogens with one attached hydrogen (secondary N) is 2. The summed E-state index contributed by atoms with van der Waals surface area (Å²) < 4.78 is 41.0. The van der Waals surface area contributed by atoms with Crippen molar-refractivity contribution in [2.45, 2.75) is 18.4 Å². The second kappa shape index (κ2) is 6.45. The molecule has 0 bridgehead atoms. The molecule has 0 radical (unpaired) electrons. The van der Waals surface area contributed by atoms with Gasteiger partial charge in [-0.3, -0.25) is 19.8 Å². The lowest BCUT2D eigenvalue weighted by atomic mass is 10.1. The quantitative estimate of drug-likeness (QED) is 0.797. The van der Waals surface area contributed by atoms with Gasteiger partial charge in [-0.2, -0.15) is 13.2 Å². The van der Waals surface area contributed by atoms with E-state index in [1.54, 1.807) is 41.0 Å². The number of halogens is 3. The summed E-state index contributed by atoms with van der Waals surface area (Å²) in [6, 6.07) is 9.65. The standard InChI is InChI=1S/C16H12F3N3O3S/c17-16(18,19)15(20-12(23)11-7-4-8-26-11)13(24)22(14(25)21-15)9-10-5-2-1-3-6-10/h1-8H,9H2,(H,20,23)(H,21,25)/t15-/m1/s1. The Balaban J connectivity index is 1.91. The van der Waals surface area contributed by atoms with Gasteiger partial charge in [0.05, 0.1) is 11.4 Å². The zero-order chi connectivity index (χ0) is 18.9. The Labute approximate surface area is 149 Å². The number of hydrogen-bond donors (Lipinski definition) is 2. The Bertz CT molecular complexity index is 839. The minimum Gasteiger partial charge on any atom is -0.313 e. The lowest BCUT2D eigenvalue weighted by Crippen LogP contribution is -2.69.